The van der Waals surface area contributed by atoms with Crippen LogP contribution in [0, 0.1) is 0 Å². The molecule has 0 heterocycles. The molecule has 2 unspecified atom stereocenters. The molecule has 0 radical (unpaired) electrons. The highest BCUT2D eigenvalue weighted by atomic mass is 16.7. The van der Waals surface area contributed by atoms with E-state index in [1.165, 1.54) is 14.2 Å². The lowest BCUT2D eigenvalue weighted by molar-refractivity contribution is -0.176. The monoisotopic (exact) mass is 210 g/mol. The zero-order valence-electron chi connectivity index (χ0n) is 8.51. The lowest BCUT2D eigenvalue weighted by atomic mass is 10.2. The van der Waals surface area contributed by atoms with Crippen LogP contribution in [0.2, 0.25) is 0 Å². The fourth-order valence-electron chi connectivity index (χ4n) is 0.866. The van der Waals surface area contributed by atoms with Crippen LogP contribution in [0.4, 0.5) is 0 Å². The maximum absolute atomic E-state index is 8.94. The molecular formula is C8H18O6. The van der Waals surface area contributed by atoms with Gasteiger partial charge in [0.2, 0.25) is 0 Å². The summed E-state index contributed by atoms with van der Waals surface area (Å²) in [6.07, 6.45) is -1.23. The quantitative estimate of drug-likeness (QED) is 0.473. The fourth-order valence-corrected chi connectivity index (χ4v) is 0.866. The predicted octanol–water partition coefficient (Wildman–Crippen LogP) is -1.05. The number of aliphatic hydroxyl groups is 2. The van der Waals surface area contributed by atoms with Crippen molar-refractivity contribution in [3.05, 3.63) is 0 Å². The third kappa shape index (κ3) is 5.48. The van der Waals surface area contributed by atoms with Gasteiger partial charge >= 0.3 is 0 Å². The van der Waals surface area contributed by atoms with E-state index in [9.17, 15) is 0 Å². The van der Waals surface area contributed by atoms with Crippen LogP contribution in [0.1, 0.15) is 0 Å². The molecule has 0 rings (SSSR count). The van der Waals surface area contributed by atoms with E-state index in [0.29, 0.717) is 0 Å². The highest BCUT2D eigenvalue weighted by Crippen LogP contribution is 2.03. The van der Waals surface area contributed by atoms with E-state index < -0.39 is 12.2 Å². The Balaban J connectivity index is 3.87. The molecule has 6 heteroatoms. The van der Waals surface area contributed by atoms with Crippen molar-refractivity contribution in [2.24, 2.45) is 0 Å². The first-order valence-electron chi connectivity index (χ1n) is 4.22. The van der Waals surface area contributed by atoms with Crippen molar-refractivity contribution in [1.29, 1.82) is 0 Å². The van der Waals surface area contributed by atoms with Crippen LogP contribution < -0.4 is 0 Å². The minimum atomic E-state index is -0.616. The number of aliphatic hydroxyl groups excluding tert-OH is 2. The zero-order chi connectivity index (χ0) is 10.8. The normalized spacial score (nSPS) is 15.4. The molecule has 0 saturated carbocycles. The first-order chi connectivity index (χ1) is 6.79. The van der Waals surface area contributed by atoms with Gasteiger partial charge in [-0.1, -0.05) is 0 Å². The smallest absolute Gasteiger partial charge is 0.146 e. The van der Waals surface area contributed by atoms with Gasteiger partial charge in [0.05, 0.1) is 13.2 Å². The van der Waals surface area contributed by atoms with Gasteiger partial charge in [0.1, 0.15) is 25.8 Å². The van der Waals surface area contributed by atoms with Gasteiger partial charge in [-0.05, 0) is 0 Å². The van der Waals surface area contributed by atoms with Gasteiger partial charge < -0.3 is 29.2 Å². The second-order valence-electron chi connectivity index (χ2n) is 2.59. The predicted molar refractivity (Wildman–Crippen MR) is 47.7 cm³/mol. The van der Waals surface area contributed by atoms with Crippen LogP contribution in [0.25, 0.3) is 0 Å². The molecule has 6 nitrogen and oxygen atoms in total. The van der Waals surface area contributed by atoms with Gasteiger partial charge in [0.15, 0.2) is 0 Å². The summed E-state index contributed by atoms with van der Waals surface area (Å²) in [7, 11) is 2.94. The fraction of sp³-hybridized carbons (Fsp3) is 1.00. The van der Waals surface area contributed by atoms with E-state index >= 15 is 0 Å². The van der Waals surface area contributed by atoms with E-state index in [1.54, 1.807) is 0 Å². The Kier molecular flexibility index (Phi) is 9.16. The number of rotatable bonds is 9. The summed E-state index contributed by atoms with van der Waals surface area (Å²) in [5, 5.41) is 17.9. The van der Waals surface area contributed by atoms with Gasteiger partial charge in [0.25, 0.3) is 0 Å². The minimum absolute atomic E-state index is 0.0398. The van der Waals surface area contributed by atoms with Gasteiger partial charge in [-0.15, -0.1) is 0 Å². The third-order valence-electron chi connectivity index (χ3n) is 1.57. The highest BCUT2D eigenvalue weighted by Gasteiger charge is 2.21. The molecule has 0 amide bonds. The van der Waals surface area contributed by atoms with E-state index in [-0.39, 0.29) is 26.8 Å². The molecule has 0 fully saturated rings. The molecule has 0 bridgehead atoms. The molecule has 0 aliphatic rings. The Morgan fingerprint density at radius 3 is 1.43 bits per heavy atom. The highest BCUT2D eigenvalue weighted by molar-refractivity contribution is 4.68. The molecule has 0 aromatic carbocycles. The van der Waals surface area contributed by atoms with Crippen molar-refractivity contribution in [3.8, 4) is 0 Å². The molecular weight excluding hydrogens is 192 g/mol. The Morgan fingerprint density at radius 2 is 1.21 bits per heavy atom. The van der Waals surface area contributed by atoms with E-state index in [4.69, 9.17) is 19.7 Å². The Hall–Kier alpha value is -0.240. The Morgan fingerprint density at radius 1 is 0.857 bits per heavy atom. The number of methoxy groups -OCH3 is 2. The van der Waals surface area contributed by atoms with Crippen molar-refractivity contribution in [2.45, 2.75) is 12.2 Å². The summed E-state index contributed by atoms with van der Waals surface area (Å²) in [6, 6.07) is 0. The molecule has 0 aromatic heterocycles. The molecule has 0 saturated heterocycles. The second-order valence-corrected chi connectivity index (χ2v) is 2.59. The standard InChI is InChI=1S/C8H18O6/c1-11-5-13-7(3-9)8(4-10)14-6-12-2/h7-10H,3-6H2,1-2H3. The molecule has 86 valence electrons. The van der Waals surface area contributed by atoms with Crippen LogP contribution in [0.3, 0.4) is 0 Å². The van der Waals surface area contributed by atoms with Crippen molar-refractivity contribution < 1.29 is 29.2 Å². The molecule has 0 aromatic rings. The van der Waals surface area contributed by atoms with Crippen LogP contribution in [-0.2, 0) is 18.9 Å². The third-order valence-corrected chi connectivity index (χ3v) is 1.57. The SMILES string of the molecule is COCOC(CO)C(CO)OCOC. The van der Waals surface area contributed by atoms with E-state index in [2.05, 4.69) is 9.47 Å². The van der Waals surface area contributed by atoms with Crippen LogP contribution in [-0.4, -0.2) is 63.4 Å². The van der Waals surface area contributed by atoms with E-state index in [1.807, 2.05) is 0 Å². The van der Waals surface area contributed by atoms with Crippen molar-refractivity contribution >= 4 is 0 Å². The summed E-state index contributed by atoms with van der Waals surface area (Å²) >= 11 is 0. The lowest BCUT2D eigenvalue weighted by Gasteiger charge is -2.23. The largest absolute Gasteiger partial charge is 0.394 e. The molecule has 0 aliphatic heterocycles. The van der Waals surface area contributed by atoms with Crippen LogP contribution >= 0.6 is 0 Å². The Labute approximate surface area is 83.3 Å². The number of ether oxygens (including phenoxy) is 4. The first-order valence-corrected chi connectivity index (χ1v) is 4.22. The lowest BCUT2D eigenvalue weighted by Crippen LogP contribution is -2.38. The first kappa shape index (κ1) is 13.8. The number of hydrogen-bond donors (Lipinski definition) is 2. The van der Waals surface area contributed by atoms with Gasteiger partial charge in [-0.2, -0.15) is 0 Å². The molecule has 2 atom stereocenters. The summed E-state index contributed by atoms with van der Waals surface area (Å²) < 4.78 is 19.5. The van der Waals surface area contributed by atoms with Gasteiger partial charge in [-0.3, -0.25) is 0 Å². The van der Waals surface area contributed by atoms with E-state index in [0.717, 1.165) is 0 Å². The molecule has 14 heavy (non-hydrogen) atoms. The van der Waals surface area contributed by atoms with Gasteiger partial charge in [0, 0.05) is 14.2 Å². The topological polar surface area (TPSA) is 77.4 Å². The maximum Gasteiger partial charge on any atom is 0.146 e. The molecule has 2 N–H and O–H groups in total. The summed E-state index contributed by atoms with van der Waals surface area (Å²) in [4.78, 5) is 0. The van der Waals surface area contributed by atoms with Crippen molar-refractivity contribution in [3.63, 3.8) is 0 Å². The van der Waals surface area contributed by atoms with Crippen LogP contribution in [0.15, 0.2) is 0 Å². The maximum atomic E-state index is 8.94. The van der Waals surface area contributed by atoms with Crippen molar-refractivity contribution in [2.75, 3.05) is 41.0 Å². The molecule has 0 spiro atoms. The molecule has 0 aliphatic carbocycles. The zero-order valence-corrected chi connectivity index (χ0v) is 8.51. The van der Waals surface area contributed by atoms with Crippen molar-refractivity contribution in [1.82, 2.24) is 0 Å². The second kappa shape index (κ2) is 9.32. The average Bonchev–Trinajstić information content (AvgIpc) is 2.23. The Bertz CT molecular complexity index is 106. The van der Waals surface area contributed by atoms with Gasteiger partial charge in [-0.25, -0.2) is 0 Å². The summed E-state index contributed by atoms with van der Waals surface area (Å²) in [5.41, 5.74) is 0. The average molecular weight is 210 g/mol. The summed E-state index contributed by atoms with van der Waals surface area (Å²) in [5.74, 6) is 0. The summed E-state index contributed by atoms with van der Waals surface area (Å²) in [6.45, 7) is -0.424. The van der Waals surface area contributed by atoms with Crippen LogP contribution in [0.5, 0.6) is 0 Å². The minimum Gasteiger partial charge on any atom is -0.394 e. The number of hydrogen-bond acceptors (Lipinski definition) is 6.